The van der Waals surface area contributed by atoms with Crippen molar-refractivity contribution in [2.24, 2.45) is 0 Å². The lowest BCUT2D eigenvalue weighted by Gasteiger charge is -2.25. The van der Waals surface area contributed by atoms with Crippen LogP contribution in [0.1, 0.15) is 43.6 Å². The molecule has 0 saturated heterocycles. The molecule has 176 valence electrons. The fourth-order valence-corrected chi connectivity index (χ4v) is 5.42. The maximum atomic E-state index is 13.0. The van der Waals surface area contributed by atoms with E-state index in [1.165, 1.54) is 4.90 Å². The van der Waals surface area contributed by atoms with Gasteiger partial charge in [0.2, 0.25) is 0 Å². The highest BCUT2D eigenvalue weighted by atomic mass is 35.5. The zero-order valence-corrected chi connectivity index (χ0v) is 20.2. The average molecular weight is 491 g/mol. The van der Waals surface area contributed by atoms with Crippen LogP contribution in [0.3, 0.4) is 0 Å². The van der Waals surface area contributed by atoms with Crippen molar-refractivity contribution in [2.75, 3.05) is 6.54 Å². The summed E-state index contributed by atoms with van der Waals surface area (Å²) in [6.45, 7) is 0.288. The van der Waals surface area contributed by atoms with Crippen LogP contribution in [0.4, 0.5) is 0 Å². The second-order valence-corrected chi connectivity index (χ2v) is 9.37. The van der Waals surface area contributed by atoms with E-state index >= 15 is 0 Å². The number of amides is 2. The smallest absolute Gasteiger partial charge is 0.261 e. The molecule has 1 aliphatic heterocycles. The SMILES string of the molecule is O=C1c2ccccc2C(=O)N1CCc1cc2c(Cl)cccc2n1C(c1ccccc1)c1ccccc1. The van der Waals surface area contributed by atoms with E-state index in [-0.39, 0.29) is 24.4 Å². The van der Waals surface area contributed by atoms with Gasteiger partial charge < -0.3 is 4.57 Å². The summed E-state index contributed by atoms with van der Waals surface area (Å²) in [5.41, 5.74) is 5.24. The standard InChI is InChI=1S/C31H23ClN2O2/c32-27-16-9-17-28-26(27)20-23(18-19-33-30(35)24-14-7-8-15-25(24)31(33)36)34(28)29(21-10-3-1-4-11-21)22-12-5-2-6-13-22/h1-17,20,29H,18-19H2. The number of hydrogen-bond acceptors (Lipinski definition) is 2. The molecule has 5 aromatic rings. The van der Waals surface area contributed by atoms with E-state index in [1.54, 1.807) is 24.3 Å². The molecule has 36 heavy (non-hydrogen) atoms. The summed E-state index contributed by atoms with van der Waals surface area (Å²) >= 11 is 6.64. The van der Waals surface area contributed by atoms with Crippen LogP contribution in [0.15, 0.2) is 109 Å². The number of rotatable bonds is 6. The molecule has 4 aromatic carbocycles. The van der Waals surface area contributed by atoms with Gasteiger partial charge in [-0.15, -0.1) is 0 Å². The van der Waals surface area contributed by atoms with Crippen molar-refractivity contribution in [1.82, 2.24) is 9.47 Å². The van der Waals surface area contributed by atoms with Gasteiger partial charge in [-0.05, 0) is 41.5 Å². The maximum absolute atomic E-state index is 13.0. The highest BCUT2D eigenvalue weighted by molar-refractivity contribution is 6.35. The van der Waals surface area contributed by atoms with Gasteiger partial charge in [0.05, 0.1) is 22.7 Å². The normalized spacial score (nSPS) is 13.1. The monoisotopic (exact) mass is 490 g/mol. The first-order valence-corrected chi connectivity index (χ1v) is 12.3. The maximum Gasteiger partial charge on any atom is 0.261 e. The number of fused-ring (bicyclic) bond motifs is 2. The van der Waals surface area contributed by atoms with E-state index in [9.17, 15) is 9.59 Å². The molecule has 0 radical (unpaired) electrons. The van der Waals surface area contributed by atoms with Crippen LogP contribution in [0, 0.1) is 0 Å². The third-order valence-electron chi connectivity index (χ3n) is 6.87. The minimum absolute atomic E-state index is 0.0967. The molecule has 1 aliphatic rings. The lowest BCUT2D eigenvalue weighted by atomic mass is 9.98. The molecule has 2 heterocycles. The second-order valence-electron chi connectivity index (χ2n) is 8.96. The number of imide groups is 1. The van der Waals surface area contributed by atoms with Crippen molar-refractivity contribution in [1.29, 1.82) is 0 Å². The summed E-state index contributed by atoms with van der Waals surface area (Å²) in [5, 5.41) is 1.63. The molecule has 0 bridgehead atoms. The zero-order chi connectivity index (χ0) is 24.6. The van der Waals surface area contributed by atoms with Crippen molar-refractivity contribution in [3.05, 3.63) is 142 Å². The van der Waals surface area contributed by atoms with Gasteiger partial charge in [0.1, 0.15) is 0 Å². The quantitative estimate of drug-likeness (QED) is 0.246. The number of carbonyl (C=O) groups is 2. The summed E-state index contributed by atoms with van der Waals surface area (Å²) in [6, 6.07) is 35.6. The van der Waals surface area contributed by atoms with E-state index in [0.717, 1.165) is 27.7 Å². The second kappa shape index (κ2) is 9.14. The molecule has 0 spiro atoms. The van der Waals surface area contributed by atoms with Crippen LogP contribution >= 0.6 is 11.6 Å². The molecule has 6 rings (SSSR count). The molecular formula is C31H23ClN2O2. The molecule has 0 fully saturated rings. The van der Waals surface area contributed by atoms with E-state index in [1.807, 2.05) is 48.5 Å². The molecule has 0 N–H and O–H groups in total. The molecule has 0 saturated carbocycles. The Balaban J connectivity index is 1.46. The van der Waals surface area contributed by atoms with Crippen LogP contribution in [-0.4, -0.2) is 27.8 Å². The topological polar surface area (TPSA) is 42.3 Å². The Morgan fingerprint density at radius 1 is 0.667 bits per heavy atom. The van der Waals surface area contributed by atoms with Crippen LogP contribution < -0.4 is 0 Å². The molecule has 0 atom stereocenters. The van der Waals surface area contributed by atoms with Gasteiger partial charge in [-0.2, -0.15) is 0 Å². The van der Waals surface area contributed by atoms with Crippen molar-refractivity contribution < 1.29 is 9.59 Å². The van der Waals surface area contributed by atoms with Gasteiger partial charge in [-0.25, -0.2) is 0 Å². The summed E-state index contributed by atoms with van der Waals surface area (Å²) < 4.78 is 2.30. The van der Waals surface area contributed by atoms with Gasteiger partial charge in [-0.3, -0.25) is 14.5 Å². The molecule has 0 aliphatic carbocycles. The number of nitrogens with zero attached hydrogens (tertiary/aromatic N) is 2. The number of benzene rings is 4. The van der Waals surface area contributed by atoms with Gasteiger partial charge >= 0.3 is 0 Å². The Labute approximate surface area is 214 Å². The highest BCUT2D eigenvalue weighted by Gasteiger charge is 2.35. The lowest BCUT2D eigenvalue weighted by molar-refractivity contribution is 0.0655. The van der Waals surface area contributed by atoms with Crippen molar-refractivity contribution in [3.63, 3.8) is 0 Å². The summed E-state index contributed by atoms with van der Waals surface area (Å²) in [4.78, 5) is 27.3. The molecule has 4 nitrogen and oxygen atoms in total. The Morgan fingerprint density at radius 3 is 1.81 bits per heavy atom. The predicted octanol–water partition coefficient (Wildman–Crippen LogP) is 6.77. The fourth-order valence-electron chi connectivity index (χ4n) is 5.20. The molecule has 1 aromatic heterocycles. The molecule has 2 amide bonds. The van der Waals surface area contributed by atoms with E-state index in [4.69, 9.17) is 11.6 Å². The largest absolute Gasteiger partial charge is 0.333 e. The molecular weight excluding hydrogens is 468 g/mol. The number of hydrogen-bond donors (Lipinski definition) is 0. The minimum atomic E-state index is -0.237. The van der Waals surface area contributed by atoms with Crippen LogP contribution in [0.5, 0.6) is 0 Å². The van der Waals surface area contributed by atoms with Crippen LogP contribution in [-0.2, 0) is 6.42 Å². The van der Waals surface area contributed by atoms with E-state index < -0.39 is 0 Å². The van der Waals surface area contributed by atoms with E-state index in [0.29, 0.717) is 22.6 Å². The predicted molar refractivity (Wildman–Crippen MR) is 143 cm³/mol. The average Bonchev–Trinajstić information content (AvgIpc) is 3.40. The van der Waals surface area contributed by atoms with Crippen molar-refractivity contribution >= 4 is 34.3 Å². The van der Waals surface area contributed by atoms with Crippen LogP contribution in [0.2, 0.25) is 5.02 Å². The van der Waals surface area contributed by atoms with Gasteiger partial charge in [0.25, 0.3) is 11.8 Å². The van der Waals surface area contributed by atoms with Gasteiger partial charge in [0, 0.05) is 29.1 Å². The Bertz CT molecular complexity index is 1520. The lowest BCUT2D eigenvalue weighted by Crippen LogP contribution is -2.32. The Hall–Kier alpha value is -4.15. The van der Waals surface area contributed by atoms with Crippen molar-refractivity contribution in [3.8, 4) is 0 Å². The first-order chi connectivity index (χ1) is 17.6. The first kappa shape index (κ1) is 22.3. The Morgan fingerprint density at radius 2 is 1.22 bits per heavy atom. The minimum Gasteiger partial charge on any atom is -0.333 e. The molecule has 5 heteroatoms. The Kier molecular flexibility index (Phi) is 5.67. The third-order valence-corrected chi connectivity index (χ3v) is 7.20. The van der Waals surface area contributed by atoms with Gasteiger partial charge in [-0.1, -0.05) is 90.5 Å². The van der Waals surface area contributed by atoms with Gasteiger partial charge in [0.15, 0.2) is 0 Å². The fraction of sp³-hybridized carbons (Fsp3) is 0.0968. The zero-order valence-electron chi connectivity index (χ0n) is 19.5. The summed E-state index contributed by atoms with van der Waals surface area (Å²) in [7, 11) is 0. The van der Waals surface area contributed by atoms with Crippen LogP contribution in [0.25, 0.3) is 10.9 Å². The number of carbonyl (C=O) groups excluding carboxylic acids is 2. The highest BCUT2D eigenvalue weighted by Crippen LogP contribution is 2.36. The number of halogens is 1. The van der Waals surface area contributed by atoms with Crippen molar-refractivity contribution in [2.45, 2.75) is 12.5 Å². The number of aromatic nitrogens is 1. The third kappa shape index (κ3) is 3.71. The van der Waals surface area contributed by atoms with E-state index in [2.05, 4.69) is 41.0 Å². The molecule has 0 unspecified atom stereocenters. The summed E-state index contributed by atoms with van der Waals surface area (Å²) in [5.74, 6) is -0.474. The first-order valence-electron chi connectivity index (χ1n) is 12.0. The summed E-state index contributed by atoms with van der Waals surface area (Å²) in [6.07, 6.45) is 0.507.